The zero-order valence-corrected chi connectivity index (χ0v) is 11.1. The standard InChI is InChI=1S/C12H19N5O2/c1-17(2)12(19)15-6-5-14-11(18)10-4-3-9(7-13)8-16-10/h3-4,8H,5-7,13H2,1-2H3,(H,14,18)(H,15,19). The van der Waals surface area contributed by atoms with E-state index < -0.39 is 0 Å². The summed E-state index contributed by atoms with van der Waals surface area (Å²) in [5.74, 6) is -0.275. The summed E-state index contributed by atoms with van der Waals surface area (Å²) in [7, 11) is 3.30. The van der Waals surface area contributed by atoms with Crippen LogP contribution >= 0.6 is 0 Å². The highest BCUT2D eigenvalue weighted by atomic mass is 16.2. The first-order chi connectivity index (χ1) is 9.04. The van der Waals surface area contributed by atoms with Crippen LogP contribution in [0.1, 0.15) is 16.1 Å². The second kappa shape index (κ2) is 7.32. The number of carbonyl (C=O) groups is 2. The van der Waals surface area contributed by atoms with Gasteiger partial charge in [0.25, 0.3) is 5.91 Å². The number of amides is 3. The molecule has 19 heavy (non-hydrogen) atoms. The molecule has 1 aromatic heterocycles. The Morgan fingerprint density at radius 2 is 1.95 bits per heavy atom. The summed E-state index contributed by atoms with van der Waals surface area (Å²) in [5, 5.41) is 5.31. The second-order valence-corrected chi connectivity index (χ2v) is 4.14. The van der Waals surface area contributed by atoms with Crippen molar-refractivity contribution in [2.75, 3.05) is 27.2 Å². The quantitative estimate of drug-likeness (QED) is 0.627. The molecule has 4 N–H and O–H groups in total. The van der Waals surface area contributed by atoms with Gasteiger partial charge in [-0.25, -0.2) is 4.79 Å². The highest BCUT2D eigenvalue weighted by Crippen LogP contribution is 1.98. The summed E-state index contributed by atoms with van der Waals surface area (Å²) in [6.45, 7) is 1.10. The molecule has 3 amide bonds. The van der Waals surface area contributed by atoms with Gasteiger partial charge in [0.15, 0.2) is 0 Å². The van der Waals surface area contributed by atoms with E-state index in [0.717, 1.165) is 5.56 Å². The maximum absolute atomic E-state index is 11.7. The van der Waals surface area contributed by atoms with E-state index in [0.29, 0.717) is 25.3 Å². The number of carbonyl (C=O) groups excluding carboxylic acids is 2. The SMILES string of the molecule is CN(C)C(=O)NCCNC(=O)c1ccc(CN)cn1. The van der Waals surface area contributed by atoms with Crippen LogP contribution in [0.5, 0.6) is 0 Å². The molecule has 1 aromatic rings. The highest BCUT2D eigenvalue weighted by Gasteiger charge is 2.06. The van der Waals surface area contributed by atoms with Crippen molar-refractivity contribution in [3.05, 3.63) is 29.6 Å². The number of nitrogens with one attached hydrogen (secondary N) is 2. The lowest BCUT2D eigenvalue weighted by Gasteiger charge is -2.12. The van der Waals surface area contributed by atoms with Crippen LogP contribution in [0, 0.1) is 0 Å². The van der Waals surface area contributed by atoms with Gasteiger partial charge < -0.3 is 21.3 Å². The molecule has 0 bridgehead atoms. The van der Waals surface area contributed by atoms with E-state index in [1.807, 2.05) is 0 Å². The molecule has 0 aromatic carbocycles. The number of aromatic nitrogens is 1. The number of nitrogens with two attached hydrogens (primary N) is 1. The number of urea groups is 1. The van der Waals surface area contributed by atoms with E-state index in [-0.39, 0.29) is 11.9 Å². The molecule has 0 spiro atoms. The first kappa shape index (κ1) is 14.9. The number of pyridine rings is 1. The third-order valence-electron chi connectivity index (χ3n) is 2.39. The molecule has 0 aliphatic carbocycles. The molecule has 104 valence electrons. The lowest BCUT2D eigenvalue weighted by Crippen LogP contribution is -2.39. The van der Waals surface area contributed by atoms with Crippen molar-refractivity contribution in [1.29, 1.82) is 0 Å². The molecule has 7 heteroatoms. The molecule has 7 nitrogen and oxygen atoms in total. The molecular weight excluding hydrogens is 246 g/mol. The smallest absolute Gasteiger partial charge is 0.316 e. The third-order valence-corrected chi connectivity index (χ3v) is 2.39. The van der Waals surface area contributed by atoms with E-state index in [4.69, 9.17) is 5.73 Å². The minimum absolute atomic E-state index is 0.195. The zero-order valence-electron chi connectivity index (χ0n) is 11.1. The number of nitrogens with zero attached hydrogens (tertiary/aromatic N) is 2. The monoisotopic (exact) mass is 265 g/mol. The van der Waals surface area contributed by atoms with Crippen LogP contribution in [0.4, 0.5) is 4.79 Å². The van der Waals surface area contributed by atoms with Crippen LogP contribution in [-0.4, -0.2) is 49.0 Å². The third kappa shape index (κ3) is 4.92. The van der Waals surface area contributed by atoms with Crippen molar-refractivity contribution in [1.82, 2.24) is 20.5 Å². The molecule has 0 unspecified atom stereocenters. The Bertz CT molecular complexity index is 430. The van der Waals surface area contributed by atoms with Crippen LogP contribution in [0.2, 0.25) is 0 Å². The Balaban J connectivity index is 2.33. The topological polar surface area (TPSA) is 100 Å². The van der Waals surface area contributed by atoms with Crippen molar-refractivity contribution in [3.63, 3.8) is 0 Å². The Morgan fingerprint density at radius 3 is 2.47 bits per heavy atom. The van der Waals surface area contributed by atoms with Crippen LogP contribution in [-0.2, 0) is 6.54 Å². The molecule has 0 aliphatic rings. The van der Waals surface area contributed by atoms with Crippen molar-refractivity contribution < 1.29 is 9.59 Å². The van der Waals surface area contributed by atoms with Gasteiger partial charge in [-0.3, -0.25) is 9.78 Å². The highest BCUT2D eigenvalue weighted by molar-refractivity contribution is 5.92. The van der Waals surface area contributed by atoms with Gasteiger partial charge in [0.2, 0.25) is 0 Å². The van der Waals surface area contributed by atoms with Crippen LogP contribution in [0.15, 0.2) is 18.3 Å². The van der Waals surface area contributed by atoms with E-state index >= 15 is 0 Å². The summed E-state index contributed by atoms with van der Waals surface area (Å²) in [6.07, 6.45) is 1.57. The summed E-state index contributed by atoms with van der Waals surface area (Å²) in [4.78, 5) is 28.3. The van der Waals surface area contributed by atoms with Crippen LogP contribution in [0.3, 0.4) is 0 Å². The van der Waals surface area contributed by atoms with Crippen molar-refractivity contribution in [3.8, 4) is 0 Å². The van der Waals surface area contributed by atoms with Crippen molar-refractivity contribution >= 4 is 11.9 Å². The number of hydrogen-bond donors (Lipinski definition) is 3. The summed E-state index contributed by atoms with van der Waals surface area (Å²) >= 11 is 0. The van der Waals surface area contributed by atoms with Crippen molar-refractivity contribution in [2.24, 2.45) is 5.73 Å². The Hall–Kier alpha value is -2.15. The zero-order chi connectivity index (χ0) is 14.3. The van der Waals surface area contributed by atoms with E-state index in [9.17, 15) is 9.59 Å². The lowest BCUT2D eigenvalue weighted by atomic mass is 10.2. The van der Waals surface area contributed by atoms with Crippen LogP contribution in [0.25, 0.3) is 0 Å². The minimum Gasteiger partial charge on any atom is -0.349 e. The van der Waals surface area contributed by atoms with E-state index in [1.165, 1.54) is 4.90 Å². The molecule has 0 radical (unpaired) electrons. The van der Waals surface area contributed by atoms with Gasteiger partial charge in [-0.1, -0.05) is 6.07 Å². The molecule has 0 fully saturated rings. The normalized spacial score (nSPS) is 9.84. The van der Waals surface area contributed by atoms with Crippen molar-refractivity contribution in [2.45, 2.75) is 6.54 Å². The van der Waals surface area contributed by atoms with E-state index in [1.54, 1.807) is 32.4 Å². The average Bonchev–Trinajstić information content (AvgIpc) is 2.43. The molecule has 0 saturated heterocycles. The van der Waals surface area contributed by atoms with Gasteiger partial charge in [-0.15, -0.1) is 0 Å². The Kier molecular flexibility index (Phi) is 5.74. The summed E-state index contributed by atoms with van der Waals surface area (Å²) in [6, 6.07) is 3.19. The summed E-state index contributed by atoms with van der Waals surface area (Å²) < 4.78 is 0. The first-order valence-corrected chi connectivity index (χ1v) is 5.93. The fourth-order valence-corrected chi connectivity index (χ4v) is 1.27. The predicted molar refractivity (Wildman–Crippen MR) is 71.5 cm³/mol. The van der Waals surface area contributed by atoms with Gasteiger partial charge in [0.05, 0.1) is 0 Å². The molecule has 1 heterocycles. The van der Waals surface area contributed by atoms with E-state index in [2.05, 4.69) is 15.6 Å². The van der Waals surface area contributed by atoms with Gasteiger partial charge in [-0.05, 0) is 11.6 Å². The molecular formula is C12H19N5O2. The number of rotatable bonds is 5. The maximum atomic E-state index is 11.7. The fourth-order valence-electron chi connectivity index (χ4n) is 1.27. The molecule has 0 aliphatic heterocycles. The Labute approximate surface area is 112 Å². The van der Waals surface area contributed by atoms with Gasteiger partial charge in [0.1, 0.15) is 5.69 Å². The maximum Gasteiger partial charge on any atom is 0.316 e. The Morgan fingerprint density at radius 1 is 1.26 bits per heavy atom. The van der Waals surface area contributed by atoms with Gasteiger partial charge in [0, 0.05) is 39.9 Å². The van der Waals surface area contributed by atoms with Gasteiger partial charge in [-0.2, -0.15) is 0 Å². The molecule has 1 rings (SSSR count). The fraction of sp³-hybridized carbons (Fsp3) is 0.417. The second-order valence-electron chi connectivity index (χ2n) is 4.14. The molecule has 0 atom stereocenters. The average molecular weight is 265 g/mol. The minimum atomic E-state index is -0.275. The largest absolute Gasteiger partial charge is 0.349 e. The predicted octanol–water partition coefficient (Wildman–Crippen LogP) is -0.459. The van der Waals surface area contributed by atoms with Gasteiger partial charge >= 0.3 is 6.03 Å². The molecule has 0 saturated carbocycles. The number of hydrogen-bond acceptors (Lipinski definition) is 4. The summed E-state index contributed by atoms with van der Waals surface area (Å²) in [5.41, 5.74) is 6.64. The lowest BCUT2D eigenvalue weighted by molar-refractivity contribution is 0.0948. The first-order valence-electron chi connectivity index (χ1n) is 5.93. The van der Waals surface area contributed by atoms with Crippen LogP contribution < -0.4 is 16.4 Å².